The SMILES string of the molecule is Cc1cccn2c(=O)c(C=C3SC(=S)N(C)C3=O)c(N3CCN(c4ccccc4F)CC3)nc12. The normalized spacial score (nSPS) is 18.0. The Hall–Kier alpha value is -3.24. The first-order valence-electron chi connectivity index (χ1n) is 10.8. The van der Waals surface area contributed by atoms with E-state index in [1.165, 1.54) is 27.1 Å². The molecule has 2 aliphatic rings. The zero-order valence-corrected chi connectivity index (χ0v) is 20.3. The van der Waals surface area contributed by atoms with Gasteiger partial charge in [-0.25, -0.2) is 9.37 Å². The summed E-state index contributed by atoms with van der Waals surface area (Å²) in [5.41, 5.74) is 2.10. The predicted octanol–water partition coefficient (Wildman–Crippen LogP) is 3.30. The number of thiocarbonyl (C=S) groups is 1. The van der Waals surface area contributed by atoms with Crippen LogP contribution in [-0.4, -0.2) is 57.7 Å². The number of benzene rings is 1. The third-order valence-corrected chi connectivity index (χ3v) is 7.58. The number of amides is 1. The molecule has 1 amide bonds. The van der Waals surface area contributed by atoms with Gasteiger partial charge in [-0.2, -0.15) is 0 Å². The highest BCUT2D eigenvalue weighted by Gasteiger charge is 2.31. The molecule has 5 rings (SSSR count). The molecule has 2 fully saturated rings. The Kier molecular flexibility index (Phi) is 5.86. The van der Waals surface area contributed by atoms with E-state index in [4.69, 9.17) is 17.2 Å². The lowest BCUT2D eigenvalue weighted by Crippen LogP contribution is -2.47. The number of rotatable bonds is 3. The van der Waals surface area contributed by atoms with E-state index in [1.54, 1.807) is 37.5 Å². The molecule has 4 heterocycles. The van der Waals surface area contributed by atoms with Crippen molar-refractivity contribution in [3.05, 3.63) is 74.8 Å². The lowest BCUT2D eigenvalue weighted by Gasteiger charge is -2.37. The van der Waals surface area contributed by atoms with Gasteiger partial charge in [-0.3, -0.25) is 18.9 Å². The van der Waals surface area contributed by atoms with Crippen LogP contribution >= 0.6 is 24.0 Å². The highest BCUT2D eigenvalue weighted by molar-refractivity contribution is 8.26. The number of halogens is 1. The topological polar surface area (TPSA) is 61.2 Å². The molecule has 0 radical (unpaired) electrons. The fraction of sp³-hybridized carbons (Fsp3) is 0.250. The van der Waals surface area contributed by atoms with Crippen molar-refractivity contribution in [2.75, 3.05) is 43.0 Å². The van der Waals surface area contributed by atoms with Crippen LogP contribution in [0.1, 0.15) is 11.1 Å². The summed E-state index contributed by atoms with van der Waals surface area (Å²) in [7, 11) is 1.62. The largest absolute Gasteiger partial charge is 0.366 e. The first-order chi connectivity index (χ1) is 16.3. The third kappa shape index (κ3) is 3.86. The second kappa shape index (κ2) is 8.84. The summed E-state index contributed by atoms with van der Waals surface area (Å²) < 4.78 is 16.2. The molecule has 0 bridgehead atoms. The first kappa shape index (κ1) is 22.5. The van der Waals surface area contributed by atoms with Crippen LogP contribution in [-0.2, 0) is 4.79 Å². The van der Waals surface area contributed by atoms with Crippen LogP contribution in [0.5, 0.6) is 0 Å². The third-order valence-electron chi connectivity index (χ3n) is 6.10. The average Bonchev–Trinajstić information content (AvgIpc) is 3.08. The van der Waals surface area contributed by atoms with Gasteiger partial charge in [-0.05, 0) is 36.8 Å². The quantitative estimate of drug-likeness (QED) is 0.408. The summed E-state index contributed by atoms with van der Waals surface area (Å²) in [5.74, 6) is 0.0313. The standard InChI is InChI=1S/C24H22FN5O2S2/c1-15-6-5-9-30-20(15)26-21(16(22(30)31)14-19-23(32)27(2)24(33)34-19)29-12-10-28(11-13-29)18-8-4-3-7-17(18)25/h3-9,14H,10-13H2,1-2H3. The second-order valence-corrected chi connectivity index (χ2v) is 9.88. The number of anilines is 2. The molecular weight excluding hydrogens is 473 g/mol. The maximum Gasteiger partial charge on any atom is 0.267 e. The van der Waals surface area contributed by atoms with E-state index >= 15 is 0 Å². The van der Waals surface area contributed by atoms with E-state index in [9.17, 15) is 14.0 Å². The number of fused-ring (bicyclic) bond motifs is 1. The number of carbonyl (C=O) groups is 1. The smallest absolute Gasteiger partial charge is 0.267 e. The van der Waals surface area contributed by atoms with Crippen molar-refractivity contribution in [1.82, 2.24) is 14.3 Å². The minimum absolute atomic E-state index is 0.237. The Morgan fingerprint density at radius 3 is 2.44 bits per heavy atom. The van der Waals surface area contributed by atoms with E-state index in [-0.39, 0.29) is 17.3 Å². The molecule has 0 unspecified atom stereocenters. The molecule has 10 heteroatoms. The molecule has 0 atom stereocenters. The van der Waals surface area contributed by atoms with Crippen molar-refractivity contribution < 1.29 is 9.18 Å². The number of aryl methyl sites for hydroxylation is 1. The number of para-hydroxylation sites is 1. The molecule has 7 nitrogen and oxygen atoms in total. The fourth-order valence-corrected chi connectivity index (χ4v) is 5.37. The number of pyridine rings is 1. The van der Waals surface area contributed by atoms with E-state index in [0.29, 0.717) is 58.1 Å². The average molecular weight is 496 g/mol. The van der Waals surface area contributed by atoms with Crippen molar-refractivity contribution in [3.8, 4) is 0 Å². The number of nitrogens with zero attached hydrogens (tertiary/aromatic N) is 5. The number of thioether (sulfide) groups is 1. The maximum absolute atomic E-state index is 14.3. The van der Waals surface area contributed by atoms with Crippen LogP contribution < -0.4 is 15.4 Å². The molecular formula is C24H22FN5O2S2. The molecule has 0 spiro atoms. The molecule has 174 valence electrons. The molecule has 1 aromatic carbocycles. The van der Waals surface area contributed by atoms with Gasteiger partial charge in [0.1, 0.15) is 21.6 Å². The molecule has 0 saturated carbocycles. The van der Waals surface area contributed by atoms with Gasteiger partial charge in [-0.15, -0.1) is 0 Å². The number of piperazine rings is 1. The van der Waals surface area contributed by atoms with Crippen LogP contribution in [0.15, 0.2) is 52.3 Å². The Balaban J connectivity index is 1.57. The van der Waals surface area contributed by atoms with Crippen LogP contribution in [0.2, 0.25) is 0 Å². The van der Waals surface area contributed by atoms with Gasteiger partial charge in [0.05, 0.1) is 16.2 Å². The van der Waals surface area contributed by atoms with Gasteiger partial charge in [-0.1, -0.05) is 42.2 Å². The van der Waals surface area contributed by atoms with Crippen LogP contribution in [0.4, 0.5) is 15.9 Å². The van der Waals surface area contributed by atoms with Crippen molar-refractivity contribution >= 4 is 57.4 Å². The molecule has 3 aromatic rings. The Morgan fingerprint density at radius 1 is 1.06 bits per heavy atom. The zero-order valence-electron chi connectivity index (χ0n) is 18.7. The summed E-state index contributed by atoms with van der Waals surface area (Å²) in [6.07, 6.45) is 3.28. The fourth-order valence-electron chi connectivity index (χ4n) is 4.21. The summed E-state index contributed by atoms with van der Waals surface area (Å²) in [4.78, 5) is 36.9. The molecule has 34 heavy (non-hydrogen) atoms. The van der Waals surface area contributed by atoms with E-state index < -0.39 is 0 Å². The molecule has 2 aromatic heterocycles. The molecule has 2 aliphatic heterocycles. The van der Waals surface area contributed by atoms with Crippen LogP contribution in [0.25, 0.3) is 11.7 Å². The monoisotopic (exact) mass is 495 g/mol. The zero-order chi connectivity index (χ0) is 24.0. The van der Waals surface area contributed by atoms with E-state index in [2.05, 4.69) is 0 Å². The number of aromatic nitrogens is 2. The van der Waals surface area contributed by atoms with Crippen LogP contribution in [0.3, 0.4) is 0 Å². The summed E-state index contributed by atoms with van der Waals surface area (Å²) in [6, 6.07) is 10.4. The summed E-state index contributed by atoms with van der Waals surface area (Å²) in [6.45, 7) is 4.17. The summed E-state index contributed by atoms with van der Waals surface area (Å²) in [5, 5.41) is 0. The lowest BCUT2D eigenvalue weighted by atomic mass is 10.2. The van der Waals surface area contributed by atoms with Crippen molar-refractivity contribution in [1.29, 1.82) is 0 Å². The minimum Gasteiger partial charge on any atom is -0.366 e. The van der Waals surface area contributed by atoms with Gasteiger partial charge < -0.3 is 9.80 Å². The first-order valence-corrected chi connectivity index (χ1v) is 12.1. The Bertz CT molecular complexity index is 1410. The Morgan fingerprint density at radius 2 is 1.76 bits per heavy atom. The summed E-state index contributed by atoms with van der Waals surface area (Å²) >= 11 is 6.42. The molecule has 0 N–H and O–H groups in total. The highest BCUT2D eigenvalue weighted by atomic mass is 32.2. The minimum atomic E-state index is -0.254. The number of hydrogen-bond acceptors (Lipinski definition) is 7. The van der Waals surface area contributed by atoms with Crippen molar-refractivity contribution in [2.45, 2.75) is 6.92 Å². The lowest BCUT2D eigenvalue weighted by molar-refractivity contribution is -0.121. The number of likely N-dealkylation sites (N-methyl/N-ethyl adjacent to an activating group) is 1. The van der Waals surface area contributed by atoms with E-state index in [1.807, 2.05) is 28.9 Å². The van der Waals surface area contributed by atoms with E-state index in [0.717, 1.165) is 5.56 Å². The van der Waals surface area contributed by atoms with Gasteiger partial charge in [0.25, 0.3) is 11.5 Å². The molecule has 2 saturated heterocycles. The maximum atomic E-state index is 14.3. The van der Waals surface area contributed by atoms with Gasteiger partial charge in [0, 0.05) is 39.4 Å². The predicted molar refractivity (Wildman–Crippen MR) is 138 cm³/mol. The van der Waals surface area contributed by atoms with Crippen molar-refractivity contribution in [2.24, 2.45) is 0 Å². The number of carbonyl (C=O) groups excluding carboxylic acids is 1. The van der Waals surface area contributed by atoms with Crippen molar-refractivity contribution in [3.63, 3.8) is 0 Å². The molecule has 0 aliphatic carbocycles. The Labute approximate surface area is 205 Å². The van der Waals surface area contributed by atoms with Crippen LogP contribution in [0, 0.1) is 12.7 Å². The highest BCUT2D eigenvalue weighted by Crippen LogP contribution is 2.33. The van der Waals surface area contributed by atoms with Gasteiger partial charge >= 0.3 is 0 Å². The van der Waals surface area contributed by atoms with Gasteiger partial charge in [0.2, 0.25) is 0 Å². The van der Waals surface area contributed by atoms with Gasteiger partial charge in [0.15, 0.2) is 0 Å². The number of hydrogen-bond donors (Lipinski definition) is 0. The second-order valence-electron chi connectivity index (χ2n) is 8.21.